The first-order valence-electron chi connectivity index (χ1n) is 11.5. The minimum atomic E-state index is -3.66. The van der Waals surface area contributed by atoms with Crippen molar-refractivity contribution in [1.82, 2.24) is 9.21 Å². The second-order valence-corrected chi connectivity index (χ2v) is 10.6. The maximum atomic E-state index is 12.9. The molecule has 0 aliphatic carbocycles. The van der Waals surface area contributed by atoms with Gasteiger partial charge in [0.1, 0.15) is 5.75 Å². The minimum absolute atomic E-state index is 0.109. The van der Waals surface area contributed by atoms with Crippen LogP contribution in [0, 0.1) is 5.92 Å². The van der Waals surface area contributed by atoms with Gasteiger partial charge in [0.05, 0.1) is 7.11 Å². The van der Waals surface area contributed by atoms with Gasteiger partial charge in [0, 0.05) is 26.2 Å². The van der Waals surface area contributed by atoms with Crippen molar-refractivity contribution < 1.29 is 22.4 Å². The van der Waals surface area contributed by atoms with E-state index in [2.05, 4.69) is 12.1 Å². The molecule has 0 atom stereocenters. The van der Waals surface area contributed by atoms with Crippen LogP contribution in [0.2, 0.25) is 0 Å². The maximum Gasteiger partial charge on any atom is 0.289 e. The summed E-state index contributed by atoms with van der Waals surface area (Å²) in [7, 11) is -2.00. The van der Waals surface area contributed by atoms with Crippen LogP contribution in [0.25, 0.3) is 0 Å². The predicted molar refractivity (Wildman–Crippen MR) is 121 cm³/mol. The van der Waals surface area contributed by atoms with Gasteiger partial charge in [-0.2, -0.15) is 4.31 Å². The van der Waals surface area contributed by atoms with Crippen molar-refractivity contribution in [1.29, 1.82) is 0 Å². The third kappa shape index (κ3) is 5.18. The predicted octanol–water partition coefficient (Wildman–Crippen LogP) is 3.95. The van der Waals surface area contributed by atoms with Gasteiger partial charge < -0.3 is 14.1 Å². The number of ether oxygens (including phenoxy) is 1. The van der Waals surface area contributed by atoms with Crippen molar-refractivity contribution in [2.45, 2.75) is 50.0 Å². The van der Waals surface area contributed by atoms with Gasteiger partial charge in [-0.1, -0.05) is 18.6 Å². The molecule has 7 nitrogen and oxygen atoms in total. The molecular formula is C24H32N2O5S. The number of hydrogen-bond acceptors (Lipinski definition) is 5. The Balaban J connectivity index is 1.29. The number of methoxy groups -OCH3 is 1. The summed E-state index contributed by atoms with van der Waals surface area (Å²) < 4.78 is 37.7. The Labute approximate surface area is 190 Å². The molecule has 0 radical (unpaired) electrons. The van der Waals surface area contributed by atoms with Crippen LogP contribution in [0.15, 0.2) is 45.9 Å². The smallest absolute Gasteiger partial charge is 0.289 e. The summed E-state index contributed by atoms with van der Waals surface area (Å²) in [5.41, 5.74) is 1.29. The Bertz CT molecular complexity index is 1000. The van der Waals surface area contributed by atoms with Crippen LogP contribution in [0.5, 0.6) is 5.75 Å². The highest BCUT2D eigenvalue weighted by Gasteiger charge is 2.31. The highest BCUT2D eigenvalue weighted by molar-refractivity contribution is 7.89. The van der Waals surface area contributed by atoms with E-state index < -0.39 is 10.0 Å². The lowest BCUT2D eigenvalue weighted by molar-refractivity contribution is 0.0649. The van der Waals surface area contributed by atoms with E-state index in [9.17, 15) is 13.2 Å². The molecule has 4 rings (SSSR count). The zero-order valence-corrected chi connectivity index (χ0v) is 19.5. The molecule has 0 bridgehead atoms. The Morgan fingerprint density at radius 1 is 1.00 bits per heavy atom. The van der Waals surface area contributed by atoms with Crippen molar-refractivity contribution >= 4 is 15.9 Å². The van der Waals surface area contributed by atoms with Crippen LogP contribution >= 0.6 is 0 Å². The molecule has 32 heavy (non-hydrogen) atoms. The molecular weight excluding hydrogens is 428 g/mol. The van der Waals surface area contributed by atoms with E-state index in [0.717, 1.165) is 50.7 Å². The van der Waals surface area contributed by atoms with E-state index in [1.54, 1.807) is 12.0 Å². The number of aryl methyl sites for hydroxylation is 1. The first-order valence-corrected chi connectivity index (χ1v) is 12.9. The Morgan fingerprint density at radius 3 is 2.34 bits per heavy atom. The van der Waals surface area contributed by atoms with Crippen LogP contribution in [-0.2, 0) is 16.4 Å². The van der Waals surface area contributed by atoms with Crippen molar-refractivity contribution in [3.05, 3.63) is 47.7 Å². The van der Waals surface area contributed by atoms with Crippen LogP contribution in [0.1, 0.15) is 54.6 Å². The van der Waals surface area contributed by atoms with Gasteiger partial charge in [0.15, 0.2) is 5.76 Å². The number of piperidine rings is 2. The Morgan fingerprint density at radius 2 is 1.69 bits per heavy atom. The first-order chi connectivity index (χ1) is 15.5. The number of furan rings is 1. The van der Waals surface area contributed by atoms with Gasteiger partial charge in [0.25, 0.3) is 15.9 Å². The number of hydrogen-bond donors (Lipinski definition) is 0. The van der Waals surface area contributed by atoms with E-state index in [-0.39, 0.29) is 16.8 Å². The van der Waals surface area contributed by atoms with Crippen LogP contribution in [0.3, 0.4) is 0 Å². The SMILES string of the molecule is COc1ccc(CCC2CCN(C(=O)c3ccc(S(=O)(=O)N4CCCCC4)o3)CC2)cc1. The molecule has 2 aliphatic heterocycles. The summed E-state index contributed by atoms with van der Waals surface area (Å²) in [5.74, 6) is 1.33. The summed E-state index contributed by atoms with van der Waals surface area (Å²) in [5, 5.41) is -0.128. The zero-order valence-electron chi connectivity index (χ0n) is 18.7. The number of carbonyl (C=O) groups excluding carboxylic acids is 1. The average molecular weight is 461 g/mol. The van der Waals surface area contributed by atoms with Crippen molar-refractivity contribution in [2.75, 3.05) is 33.3 Å². The molecule has 0 saturated carbocycles. The lowest BCUT2D eigenvalue weighted by Crippen LogP contribution is -2.38. The van der Waals surface area contributed by atoms with Gasteiger partial charge >= 0.3 is 0 Å². The van der Waals surface area contributed by atoms with E-state index in [4.69, 9.17) is 9.15 Å². The molecule has 0 N–H and O–H groups in total. The second-order valence-electron chi connectivity index (χ2n) is 8.71. The number of sulfonamides is 1. The van der Waals surface area contributed by atoms with Crippen LogP contribution < -0.4 is 4.74 Å². The molecule has 0 spiro atoms. The van der Waals surface area contributed by atoms with Gasteiger partial charge in [-0.15, -0.1) is 0 Å². The fourth-order valence-electron chi connectivity index (χ4n) is 4.55. The van der Waals surface area contributed by atoms with Crippen molar-refractivity contribution in [3.63, 3.8) is 0 Å². The molecule has 3 heterocycles. The zero-order chi connectivity index (χ0) is 22.6. The third-order valence-electron chi connectivity index (χ3n) is 6.60. The average Bonchev–Trinajstić information content (AvgIpc) is 3.35. The van der Waals surface area contributed by atoms with Gasteiger partial charge in [-0.05, 0) is 74.3 Å². The fourth-order valence-corrected chi connectivity index (χ4v) is 5.98. The minimum Gasteiger partial charge on any atom is -0.497 e. The van der Waals surface area contributed by atoms with E-state index in [1.807, 2.05) is 12.1 Å². The maximum absolute atomic E-state index is 12.9. The molecule has 2 aliphatic rings. The van der Waals surface area contributed by atoms with Crippen LogP contribution in [0.4, 0.5) is 0 Å². The Hall–Kier alpha value is -2.32. The summed E-state index contributed by atoms with van der Waals surface area (Å²) in [6.07, 6.45) is 6.76. The molecule has 8 heteroatoms. The third-order valence-corrected chi connectivity index (χ3v) is 8.38. The Kier molecular flexibility index (Phi) is 7.20. The molecule has 2 fully saturated rings. The molecule has 1 aromatic carbocycles. The number of amides is 1. The lowest BCUT2D eigenvalue weighted by Gasteiger charge is -2.31. The van der Waals surface area contributed by atoms with E-state index in [1.165, 1.54) is 22.0 Å². The summed E-state index contributed by atoms with van der Waals surface area (Å²) in [6, 6.07) is 11.1. The second kappa shape index (κ2) is 10.1. The highest BCUT2D eigenvalue weighted by Crippen LogP contribution is 2.26. The number of nitrogens with zero attached hydrogens (tertiary/aromatic N) is 2. The molecule has 2 aromatic rings. The van der Waals surface area contributed by atoms with Gasteiger partial charge in [-0.3, -0.25) is 4.79 Å². The number of carbonyl (C=O) groups is 1. The normalized spacial score (nSPS) is 18.6. The number of rotatable bonds is 7. The largest absolute Gasteiger partial charge is 0.497 e. The van der Waals surface area contributed by atoms with Gasteiger partial charge in [-0.25, -0.2) is 8.42 Å². The summed E-state index contributed by atoms with van der Waals surface area (Å²) in [6.45, 7) is 2.36. The van der Waals surface area contributed by atoms with Crippen LogP contribution in [-0.4, -0.2) is 56.8 Å². The number of likely N-dealkylation sites (tertiary alicyclic amines) is 1. The number of benzene rings is 1. The standard InChI is InChI=1S/C24H32N2O5S/c1-30-21-9-7-19(8-10-21)5-6-20-13-17-25(18-14-20)24(27)22-11-12-23(31-22)32(28,29)26-15-3-2-4-16-26/h7-12,20H,2-6,13-18H2,1H3. The molecule has 1 aromatic heterocycles. The topological polar surface area (TPSA) is 80.1 Å². The summed E-state index contributed by atoms with van der Waals surface area (Å²) in [4.78, 5) is 14.7. The summed E-state index contributed by atoms with van der Waals surface area (Å²) >= 11 is 0. The quantitative estimate of drug-likeness (QED) is 0.625. The molecule has 174 valence electrons. The van der Waals surface area contributed by atoms with Crippen molar-refractivity contribution in [3.8, 4) is 5.75 Å². The monoisotopic (exact) mass is 460 g/mol. The van der Waals surface area contributed by atoms with E-state index in [0.29, 0.717) is 32.1 Å². The first kappa shape index (κ1) is 22.9. The van der Waals surface area contributed by atoms with E-state index >= 15 is 0 Å². The lowest BCUT2D eigenvalue weighted by atomic mass is 9.90. The van der Waals surface area contributed by atoms with Crippen molar-refractivity contribution in [2.24, 2.45) is 5.92 Å². The molecule has 0 unspecified atom stereocenters. The van der Waals surface area contributed by atoms with Gasteiger partial charge in [0.2, 0.25) is 5.09 Å². The molecule has 1 amide bonds. The molecule has 2 saturated heterocycles. The fraction of sp³-hybridized carbons (Fsp3) is 0.542. The highest BCUT2D eigenvalue weighted by atomic mass is 32.2.